The number of carbonyl (C=O) groups is 1. The minimum absolute atomic E-state index is 0.0154. The van der Waals surface area contributed by atoms with Crippen LogP contribution < -0.4 is 4.74 Å². The van der Waals surface area contributed by atoms with Crippen molar-refractivity contribution in [1.29, 1.82) is 0 Å². The Bertz CT molecular complexity index is 1030. The predicted molar refractivity (Wildman–Crippen MR) is 108 cm³/mol. The second-order valence-corrected chi connectivity index (χ2v) is 7.42. The van der Waals surface area contributed by atoms with Crippen LogP contribution in [0.5, 0.6) is 5.75 Å². The second-order valence-electron chi connectivity index (χ2n) is 6.57. The van der Waals surface area contributed by atoms with Crippen molar-refractivity contribution in [3.8, 4) is 17.1 Å². The molecule has 0 amide bonds. The largest absolute Gasteiger partial charge is 0.489 e. The van der Waals surface area contributed by atoms with Crippen molar-refractivity contribution in [2.24, 2.45) is 0 Å². The summed E-state index contributed by atoms with van der Waals surface area (Å²) in [5.41, 5.74) is 1.82. The fourth-order valence-corrected chi connectivity index (χ4v) is 3.30. The number of carboxylic acids is 1. The van der Waals surface area contributed by atoms with Gasteiger partial charge in [-0.05, 0) is 50.6 Å². The van der Waals surface area contributed by atoms with E-state index in [9.17, 15) is 9.90 Å². The number of rotatable bonds is 6. The normalized spacial score (nSPS) is 11.1. The number of aromatic nitrogens is 3. The van der Waals surface area contributed by atoms with Crippen LogP contribution >= 0.6 is 23.2 Å². The Morgan fingerprint density at radius 2 is 2.00 bits per heavy atom. The van der Waals surface area contributed by atoms with Gasteiger partial charge in [0.1, 0.15) is 11.6 Å². The topological polar surface area (TPSA) is 77.2 Å². The van der Waals surface area contributed by atoms with Crippen molar-refractivity contribution >= 4 is 29.2 Å². The molecule has 0 aliphatic carbocycles. The van der Waals surface area contributed by atoms with E-state index in [1.807, 2.05) is 13.8 Å². The number of pyridine rings is 1. The van der Waals surface area contributed by atoms with Crippen LogP contribution in [-0.2, 0) is 6.54 Å². The molecule has 1 N–H and O–H groups in total. The van der Waals surface area contributed by atoms with Gasteiger partial charge in [0.25, 0.3) is 0 Å². The molecule has 3 aromatic rings. The van der Waals surface area contributed by atoms with Crippen LogP contribution in [0.1, 0.15) is 35.6 Å². The maximum absolute atomic E-state index is 11.9. The van der Waals surface area contributed by atoms with Gasteiger partial charge in [-0.25, -0.2) is 9.78 Å². The highest BCUT2D eigenvalue weighted by molar-refractivity contribution is 6.33. The Balaban J connectivity index is 2.14. The van der Waals surface area contributed by atoms with E-state index < -0.39 is 5.97 Å². The maximum Gasteiger partial charge on any atom is 0.354 e. The van der Waals surface area contributed by atoms with Crippen molar-refractivity contribution in [3.05, 3.63) is 63.7 Å². The van der Waals surface area contributed by atoms with Crippen LogP contribution in [-0.4, -0.2) is 31.7 Å². The molecule has 1 aromatic carbocycles. The third kappa shape index (κ3) is 4.29. The van der Waals surface area contributed by atoms with Crippen LogP contribution in [0.4, 0.5) is 0 Å². The number of nitrogens with zero attached hydrogens (tertiary/aromatic N) is 3. The van der Waals surface area contributed by atoms with E-state index in [1.54, 1.807) is 48.1 Å². The first-order valence-electron chi connectivity index (χ1n) is 8.62. The average Bonchev–Trinajstić information content (AvgIpc) is 2.94. The van der Waals surface area contributed by atoms with Crippen molar-refractivity contribution in [1.82, 2.24) is 14.5 Å². The zero-order valence-electron chi connectivity index (χ0n) is 15.6. The molecule has 8 heteroatoms. The van der Waals surface area contributed by atoms with E-state index >= 15 is 0 Å². The second kappa shape index (κ2) is 8.20. The van der Waals surface area contributed by atoms with Crippen LogP contribution in [0.3, 0.4) is 0 Å². The smallest absolute Gasteiger partial charge is 0.354 e. The quantitative estimate of drug-likeness (QED) is 0.601. The highest BCUT2D eigenvalue weighted by Crippen LogP contribution is 2.29. The molecule has 0 radical (unpaired) electrons. The number of halogens is 2. The van der Waals surface area contributed by atoms with E-state index in [0.717, 1.165) is 0 Å². The van der Waals surface area contributed by atoms with E-state index in [-0.39, 0.29) is 18.3 Å². The lowest BCUT2D eigenvalue weighted by Gasteiger charge is -2.13. The van der Waals surface area contributed by atoms with E-state index in [1.165, 1.54) is 0 Å². The summed E-state index contributed by atoms with van der Waals surface area (Å²) in [5, 5.41) is 10.7. The Morgan fingerprint density at radius 3 is 2.68 bits per heavy atom. The van der Waals surface area contributed by atoms with E-state index in [2.05, 4.69) is 9.97 Å². The number of hydrogen-bond acceptors (Lipinski definition) is 4. The fraction of sp³-hybridized carbons (Fsp3) is 0.250. The standard InChI is InChI=1S/C20H19Cl2N3O3/c1-11(2)28-16-7-13(8-23-9-16)19-24-12(3)18(20(26)27)25(19)10-14-6-15(21)4-5-17(14)22/h4-9,11H,10H2,1-3H3,(H,26,27). The minimum Gasteiger partial charge on any atom is -0.489 e. The van der Waals surface area contributed by atoms with Crippen LogP contribution in [0, 0.1) is 6.92 Å². The van der Waals surface area contributed by atoms with Crippen molar-refractivity contribution in [2.45, 2.75) is 33.4 Å². The average molecular weight is 420 g/mol. The Labute approximate surface area is 172 Å². The molecule has 0 aliphatic heterocycles. The van der Waals surface area contributed by atoms with Gasteiger partial charge in [0, 0.05) is 21.8 Å². The van der Waals surface area contributed by atoms with Crippen LogP contribution in [0.15, 0.2) is 36.7 Å². The van der Waals surface area contributed by atoms with Gasteiger partial charge >= 0.3 is 5.97 Å². The van der Waals surface area contributed by atoms with Crippen LogP contribution in [0.25, 0.3) is 11.4 Å². The molecule has 2 heterocycles. The number of imidazole rings is 1. The molecule has 2 aromatic heterocycles. The first-order chi connectivity index (χ1) is 13.3. The predicted octanol–water partition coefficient (Wildman–Crippen LogP) is 5.09. The number of carboxylic acid groups (broad SMARTS) is 1. The molecule has 0 spiro atoms. The molecule has 0 aliphatic rings. The summed E-state index contributed by atoms with van der Waals surface area (Å²) >= 11 is 12.4. The third-order valence-corrected chi connectivity index (χ3v) is 4.63. The van der Waals surface area contributed by atoms with Crippen molar-refractivity contribution < 1.29 is 14.6 Å². The maximum atomic E-state index is 11.9. The van der Waals surface area contributed by atoms with E-state index in [4.69, 9.17) is 27.9 Å². The van der Waals surface area contributed by atoms with Crippen molar-refractivity contribution in [3.63, 3.8) is 0 Å². The minimum atomic E-state index is -1.07. The first-order valence-corrected chi connectivity index (χ1v) is 9.38. The summed E-state index contributed by atoms with van der Waals surface area (Å²) in [6.45, 7) is 5.69. The van der Waals surface area contributed by atoms with Gasteiger partial charge in [0.05, 0.1) is 24.5 Å². The molecule has 6 nitrogen and oxygen atoms in total. The highest BCUT2D eigenvalue weighted by atomic mass is 35.5. The molecular formula is C20H19Cl2N3O3. The fourth-order valence-electron chi connectivity index (χ4n) is 2.93. The first kappa shape index (κ1) is 20.2. The molecule has 0 fully saturated rings. The third-order valence-electron chi connectivity index (χ3n) is 4.02. The molecule has 0 saturated carbocycles. The summed E-state index contributed by atoms with van der Waals surface area (Å²) < 4.78 is 7.30. The van der Waals surface area contributed by atoms with Gasteiger partial charge in [-0.3, -0.25) is 4.98 Å². The Morgan fingerprint density at radius 1 is 1.25 bits per heavy atom. The molecule has 0 bridgehead atoms. The molecule has 3 rings (SSSR count). The van der Waals surface area contributed by atoms with Crippen LogP contribution in [0.2, 0.25) is 10.0 Å². The number of aryl methyl sites for hydroxylation is 1. The lowest BCUT2D eigenvalue weighted by Crippen LogP contribution is -2.12. The van der Waals surface area contributed by atoms with Gasteiger partial charge in [-0.2, -0.15) is 0 Å². The highest BCUT2D eigenvalue weighted by Gasteiger charge is 2.22. The number of aromatic carboxylic acids is 1. The van der Waals surface area contributed by atoms with Gasteiger partial charge < -0.3 is 14.4 Å². The zero-order chi connectivity index (χ0) is 20.4. The molecule has 0 saturated heterocycles. The summed E-state index contributed by atoms with van der Waals surface area (Å²) in [6.07, 6.45) is 3.21. The molecule has 28 heavy (non-hydrogen) atoms. The number of ether oxygens (including phenoxy) is 1. The molecule has 146 valence electrons. The monoisotopic (exact) mass is 419 g/mol. The summed E-state index contributed by atoms with van der Waals surface area (Å²) in [6, 6.07) is 6.87. The van der Waals surface area contributed by atoms with Gasteiger partial charge in [-0.1, -0.05) is 23.2 Å². The molecule has 0 atom stereocenters. The van der Waals surface area contributed by atoms with E-state index in [0.29, 0.717) is 38.4 Å². The lowest BCUT2D eigenvalue weighted by molar-refractivity contribution is 0.0685. The summed E-state index contributed by atoms with van der Waals surface area (Å²) in [5.74, 6) is -0.0260. The lowest BCUT2D eigenvalue weighted by atomic mass is 10.2. The zero-order valence-corrected chi connectivity index (χ0v) is 17.1. The molecular weight excluding hydrogens is 401 g/mol. The van der Waals surface area contributed by atoms with Gasteiger partial charge in [0.15, 0.2) is 5.69 Å². The van der Waals surface area contributed by atoms with Gasteiger partial charge in [-0.15, -0.1) is 0 Å². The Kier molecular flexibility index (Phi) is 5.91. The number of hydrogen-bond donors (Lipinski definition) is 1. The van der Waals surface area contributed by atoms with Crippen molar-refractivity contribution in [2.75, 3.05) is 0 Å². The summed E-state index contributed by atoms with van der Waals surface area (Å²) in [7, 11) is 0. The SMILES string of the molecule is Cc1nc(-c2cncc(OC(C)C)c2)n(Cc2cc(Cl)ccc2Cl)c1C(=O)O. The van der Waals surface area contributed by atoms with Gasteiger partial charge in [0.2, 0.25) is 0 Å². The Hall–Kier alpha value is -2.57. The summed E-state index contributed by atoms with van der Waals surface area (Å²) in [4.78, 5) is 20.6. The molecule has 0 unspecified atom stereocenters. The number of benzene rings is 1.